The third-order valence-corrected chi connectivity index (χ3v) is 4.83. The molecular weight excluding hydrogens is 306 g/mol. The summed E-state index contributed by atoms with van der Waals surface area (Å²) in [5.74, 6) is 0.901. The molecule has 0 unspecified atom stereocenters. The third-order valence-electron chi connectivity index (χ3n) is 2.90. The lowest BCUT2D eigenvalue weighted by atomic mass is 10.2. The van der Waals surface area contributed by atoms with Crippen molar-refractivity contribution in [1.29, 1.82) is 0 Å². The van der Waals surface area contributed by atoms with Gasteiger partial charge in [0, 0.05) is 5.38 Å². The summed E-state index contributed by atoms with van der Waals surface area (Å²) >= 11 is 3.19. The van der Waals surface area contributed by atoms with Gasteiger partial charge in [-0.05, 0) is 31.4 Å². The van der Waals surface area contributed by atoms with Crippen LogP contribution in [0.5, 0.6) is 0 Å². The summed E-state index contributed by atoms with van der Waals surface area (Å²) in [5.41, 5.74) is 1.23. The number of ether oxygens (including phenoxy) is 1. The van der Waals surface area contributed by atoms with Gasteiger partial charge in [0.15, 0.2) is 0 Å². The van der Waals surface area contributed by atoms with Crippen LogP contribution in [0.1, 0.15) is 27.6 Å². The molecule has 0 aromatic carbocycles. The zero-order valence-electron chi connectivity index (χ0n) is 11.6. The van der Waals surface area contributed by atoms with E-state index in [1.54, 1.807) is 42.6 Å². The van der Waals surface area contributed by atoms with Crippen LogP contribution in [-0.2, 0) is 11.3 Å². The minimum absolute atomic E-state index is 0.171. The van der Waals surface area contributed by atoms with Crippen molar-refractivity contribution in [2.75, 3.05) is 0 Å². The highest BCUT2D eigenvalue weighted by molar-refractivity contribution is 7.20. The number of aryl methyl sites for hydroxylation is 2. The number of carbonyl (C=O) groups excluding carboxylic acids is 1. The Morgan fingerprint density at radius 3 is 2.90 bits per heavy atom. The maximum atomic E-state index is 12.0. The zero-order chi connectivity index (χ0) is 14.8. The molecule has 108 valence electrons. The maximum absolute atomic E-state index is 12.0. The lowest BCUT2D eigenvalue weighted by Gasteiger charge is -2.01. The largest absolute Gasteiger partial charge is 0.466 e. The predicted molar refractivity (Wildman–Crippen MR) is 82.7 cm³/mol. The van der Waals surface area contributed by atoms with E-state index < -0.39 is 0 Å². The number of thiophene rings is 1. The SMILES string of the molecule is Cc1cc(C(=O)OCc2csc(-c3cccs3)n2)c(C)o1. The van der Waals surface area contributed by atoms with Crippen LogP contribution < -0.4 is 0 Å². The van der Waals surface area contributed by atoms with E-state index in [9.17, 15) is 4.79 Å². The van der Waals surface area contributed by atoms with Gasteiger partial charge < -0.3 is 9.15 Å². The molecule has 3 heterocycles. The number of hydrogen-bond acceptors (Lipinski definition) is 6. The Morgan fingerprint density at radius 2 is 2.24 bits per heavy atom. The van der Waals surface area contributed by atoms with Crippen LogP contribution >= 0.6 is 22.7 Å². The van der Waals surface area contributed by atoms with Crippen molar-refractivity contribution >= 4 is 28.6 Å². The monoisotopic (exact) mass is 319 g/mol. The Balaban J connectivity index is 1.65. The van der Waals surface area contributed by atoms with E-state index >= 15 is 0 Å². The first-order valence-corrected chi connectivity index (χ1v) is 8.12. The molecule has 3 rings (SSSR count). The average Bonchev–Trinajstić information content (AvgIpc) is 3.15. The summed E-state index contributed by atoms with van der Waals surface area (Å²) in [6, 6.07) is 5.71. The fourth-order valence-electron chi connectivity index (χ4n) is 1.94. The van der Waals surface area contributed by atoms with Crippen molar-refractivity contribution in [1.82, 2.24) is 4.98 Å². The predicted octanol–water partition coefficient (Wildman–Crippen LogP) is 4.44. The van der Waals surface area contributed by atoms with E-state index in [4.69, 9.17) is 9.15 Å². The Bertz CT molecular complexity index is 756. The molecule has 0 saturated heterocycles. The molecule has 21 heavy (non-hydrogen) atoms. The first kappa shape index (κ1) is 14.0. The summed E-state index contributed by atoms with van der Waals surface area (Å²) in [4.78, 5) is 17.6. The van der Waals surface area contributed by atoms with E-state index in [0.29, 0.717) is 17.1 Å². The smallest absolute Gasteiger partial charge is 0.342 e. The number of nitrogens with zero attached hydrogens (tertiary/aromatic N) is 1. The van der Waals surface area contributed by atoms with Crippen LogP contribution in [0, 0.1) is 13.8 Å². The topological polar surface area (TPSA) is 52.3 Å². The van der Waals surface area contributed by atoms with E-state index in [2.05, 4.69) is 4.98 Å². The van der Waals surface area contributed by atoms with Gasteiger partial charge in [-0.3, -0.25) is 0 Å². The number of aromatic nitrogens is 1. The van der Waals surface area contributed by atoms with Gasteiger partial charge in [-0.15, -0.1) is 22.7 Å². The molecule has 0 fully saturated rings. The van der Waals surface area contributed by atoms with Crippen molar-refractivity contribution in [2.24, 2.45) is 0 Å². The molecule has 0 radical (unpaired) electrons. The normalized spacial score (nSPS) is 10.8. The summed E-state index contributed by atoms with van der Waals surface area (Å²) < 4.78 is 10.6. The minimum Gasteiger partial charge on any atom is -0.466 e. The summed E-state index contributed by atoms with van der Waals surface area (Å²) in [7, 11) is 0. The number of carbonyl (C=O) groups is 1. The number of hydrogen-bond donors (Lipinski definition) is 0. The van der Waals surface area contributed by atoms with Gasteiger partial charge in [0.1, 0.15) is 28.7 Å². The Labute approximate surface area is 130 Å². The van der Waals surface area contributed by atoms with Crippen LogP contribution in [-0.4, -0.2) is 11.0 Å². The second kappa shape index (κ2) is 5.83. The number of thiazole rings is 1. The second-order valence-corrected chi connectivity index (χ2v) is 6.33. The number of esters is 1. The van der Waals surface area contributed by atoms with Gasteiger partial charge in [0.05, 0.1) is 10.6 Å². The summed E-state index contributed by atoms with van der Waals surface area (Å²) in [6.07, 6.45) is 0. The minimum atomic E-state index is -0.380. The van der Waals surface area contributed by atoms with Gasteiger partial charge in [-0.25, -0.2) is 9.78 Å². The molecule has 0 amide bonds. The highest BCUT2D eigenvalue weighted by Crippen LogP contribution is 2.28. The fraction of sp³-hybridized carbons (Fsp3) is 0.200. The molecule has 0 aliphatic heterocycles. The Hall–Kier alpha value is -1.92. The first-order valence-electron chi connectivity index (χ1n) is 6.36. The Kier molecular flexibility index (Phi) is 3.90. The standard InChI is InChI=1S/C15H13NO3S2/c1-9-6-12(10(2)19-9)15(17)18-7-11-8-21-14(16-11)13-4-3-5-20-13/h3-6,8H,7H2,1-2H3. The second-order valence-electron chi connectivity index (χ2n) is 4.52. The van der Waals surface area contributed by atoms with E-state index in [-0.39, 0.29) is 12.6 Å². The van der Waals surface area contributed by atoms with Gasteiger partial charge in [-0.1, -0.05) is 6.07 Å². The molecule has 0 bridgehead atoms. The quantitative estimate of drug-likeness (QED) is 0.667. The Morgan fingerprint density at radius 1 is 1.38 bits per heavy atom. The maximum Gasteiger partial charge on any atom is 0.342 e. The molecule has 0 atom stereocenters. The van der Waals surface area contributed by atoms with Gasteiger partial charge >= 0.3 is 5.97 Å². The average molecular weight is 319 g/mol. The highest BCUT2D eigenvalue weighted by Gasteiger charge is 2.15. The van der Waals surface area contributed by atoms with Crippen molar-refractivity contribution in [3.05, 3.63) is 51.7 Å². The van der Waals surface area contributed by atoms with E-state index in [1.807, 2.05) is 22.9 Å². The summed E-state index contributed by atoms with van der Waals surface area (Å²) in [5, 5.41) is 4.88. The molecular formula is C15H13NO3S2. The van der Waals surface area contributed by atoms with E-state index in [0.717, 1.165) is 15.6 Å². The first-order chi connectivity index (χ1) is 10.1. The molecule has 0 saturated carbocycles. The zero-order valence-corrected chi connectivity index (χ0v) is 13.2. The molecule has 3 aromatic rings. The lowest BCUT2D eigenvalue weighted by molar-refractivity contribution is 0.0466. The molecule has 0 N–H and O–H groups in total. The van der Waals surface area contributed by atoms with Crippen LogP contribution in [0.3, 0.4) is 0 Å². The van der Waals surface area contributed by atoms with Crippen molar-refractivity contribution in [3.63, 3.8) is 0 Å². The molecule has 0 aliphatic rings. The number of furan rings is 1. The van der Waals surface area contributed by atoms with Crippen LogP contribution in [0.4, 0.5) is 0 Å². The molecule has 4 nitrogen and oxygen atoms in total. The van der Waals surface area contributed by atoms with Crippen LogP contribution in [0.25, 0.3) is 9.88 Å². The fourth-order valence-corrected chi connectivity index (χ4v) is 3.56. The van der Waals surface area contributed by atoms with Crippen LogP contribution in [0.15, 0.2) is 33.4 Å². The van der Waals surface area contributed by atoms with Gasteiger partial charge in [0.25, 0.3) is 0 Å². The highest BCUT2D eigenvalue weighted by atomic mass is 32.1. The third kappa shape index (κ3) is 3.06. The molecule has 6 heteroatoms. The van der Waals surface area contributed by atoms with E-state index in [1.165, 1.54) is 0 Å². The van der Waals surface area contributed by atoms with Crippen molar-refractivity contribution in [3.8, 4) is 9.88 Å². The number of rotatable bonds is 4. The van der Waals surface area contributed by atoms with Gasteiger partial charge in [0.2, 0.25) is 0 Å². The molecule has 0 spiro atoms. The van der Waals surface area contributed by atoms with Gasteiger partial charge in [-0.2, -0.15) is 0 Å². The lowest BCUT2D eigenvalue weighted by Crippen LogP contribution is -2.05. The van der Waals surface area contributed by atoms with Crippen molar-refractivity contribution < 1.29 is 13.9 Å². The summed E-state index contributed by atoms with van der Waals surface area (Å²) in [6.45, 7) is 3.73. The van der Waals surface area contributed by atoms with Crippen molar-refractivity contribution in [2.45, 2.75) is 20.5 Å². The van der Waals surface area contributed by atoms with Crippen LogP contribution in [0.2, 0.25) is 0 Å². The molecule has 3 aromatic heterocycles. The molecule has 0 aliphatic carbocycles.